The minimum Gasteiger partial charge on any atom is -0.492 e. The van der Waals surface area contributed by atoms with Crippen LogP contribution in [0.3, 0.4) is 0 Å². The van der Waals surface area contributed by atoms with E-state index in [0.29, 0.717) is 36.8 Å². The molecule has 1 atom stereocenters. The van der Waals surface area contributed by atoms with Gasteiger partial charge >= 0.3 is 0 Å². The van der Waals surface area contributed by atoms with Gasteiger partial charge in [-0.05, 0) is 50.1 Å². The van der Waals surface area contributed by atoms with Gasteiger partial charge in [-0.2, -0.15) is 5.10 Å². The zero-order chi connectivity index (χ0) is 19.5. The number of H-pyrrole nitrogens is 1. The predicted octanol–water partition coefficient (Wildman–Crippen LogP) is 2.51. The number of aromatic nitrogens is 5. The van der Waals surface area contributed by atoms with Gasteiger partial charge in [0.25, 0.3) is 5.91 Å². The molecule has 0 saturated carbocycles. The fourth-order valence-corrected chi connectivity index (χ4v) is 3.47. The molecule has 1 N–H and O–H groups in total. The Balaban J connectivity index is 1.41. The highest BCUT2D eigenvalue weighted by atomic mass is 19.1. The number of nitrogens with zero attached hydrogens (tertiary/aromatic N) is 5. The summed E-state index contributed by atoms with van der Waals surface area (Å²) in [4.78, 5) is 14.8. The van der Waals surface area contributed by atoms with Gasteiger partial charge in [0, 0.05) is 12.7 Å². The molecule has 28 heavy (non-hydrogen) atoms. The average molecular weight is 384 g/mol. The Bertz CT molecular complexity index is 938. The number of carbonyl (C=O) groups excluding carboxylic acids is 1. The lowest BCUT2D eigenvalue weighted by molar-refractivity contribution is 0.0726. The van der Waals surface area contributed by atoms with E-state index in [1.54, 1.807) is 23.0 Å². The van der Waals surface area contributed by atoms with Crippen LogP contribution < -0.4 is 4.74 Å². The number of likely N-dealkylation sites (tertiary alicyclic amines) is 1. The van der Waals surface area contributed by atoms with Crippen LogP contribution >= 0.6 is 0 Å². The molecule has 9 heteroatoms. The largest absolute Gasteiger partial charge is 0.492 e. The van der Waals surface area contributed by atoms with Crippen LogP contribution in [0.4, 0.5) is 4.39 Å². The van der Waals surface area contributed by atoms with E-state index in [1.165, 1.54) is 12.1 Å². The van der Waals surface area contributed by atoms with Crippen LogP contribution in [0.1, 0.15) is 40.8 Å². The molecule has 8 nitrogen and oxygen atoms in total. The van der Waals surface area contributed by atoms with Gasteiger partial charge in [-0.3, -0.25) is 9.89 Å². The van der Waals surface area contributed by atoms with E-state index in [-0.39, 0.29) is 17.8 Å². The topological polar surface area (TPSA) is 88.9 Å². The van der Waals surface area contributed by atoms with Gasteiger partial charge < -0.3 is 9.64 Å². The summed E-state index contributed by atoms with van der Waals surface area (Å²) in [5, 5.41) is 15.2. The second kappa shape index (κ2) is 7.79. The van der Waals surface area contributed by atoms with Gasteiger partial charge in [-0.15, -0.1) is 5.10 Å². The van der Waals surface area contributed by atoms with Crippen molar-refractivity contribution >= 4 is 5.91 Å². The number of halogens is 1. The van der Waals surface area contributed by atoms with Crippen LogP contribution in [0.5, 0.6) is 5.75 Å². The highest BCUT2D eigenvalue weighted by Gasteiger charge is 2.33. The molecule has 0 spiro atoms. The molecule has 4 rings (SSSR count). The number of amides is 1. The van der Waals surface area contributed by atoms with Crippen molar-refractivity contribution in [3.63, 3.8) is 0 Å². The van der Waals surface area contributed by atoms with Crippen molar-refractivity contribution in [3.05, 3.63) is 59.4 Å². The van der Waals surface area contributed by atoms with E-state index in [9.17, 15) is 9.18 Å². The number of rotatable bonds is 6. The quantitative estimate of drug-likeness (QED) is 0.705. The van der Waals surface area contributed by atoms with Gasteiger partial charge in [0.2, 0.25) is 0 Å². The fraction of sp³-hybridized carbons (Fsp3) is 0.368. The molecule has 0 aliphatic carbocycles. The van der Waals surface area contributed by atoms with Crippen molar-refractivity contribution < 1.29 is 13.9 Å². The zero-order valence-corrected chi connectivity index (χ0v) is 15.5. The third-order valence-corrected chi connectivity index (χ3v) is 4.97. The summed E-state index contributed by atoms with van der Waals surface area (Å²) in [7, 11) is 0. The van der Waals surface area contributed by atoms with Gasteiger partial charge in [-0.25, -0.2) is 9.07 Å². The average Bonchev–Trinajstić information content (AvgIpc) is 3.44. The summed E-state index contributed by atoms with van der Waals surface area (Å²) in [5.74, 6) is 0.146. The van der Waals surface area contributed by atoms with Crippen LogP contribution in [0.15, 0.2) is 36.5 Å². The van der Waals surface area contributed by atoms with Crippen molar-refractivity contribution in [2.45, 2.75) is 32.4 Å². The first kappa shape index (κ1) is 18.1. The lowest BCUT2D eigenvalue weighted by Crippen LogP contribution is -2.31. The molecule has 0 bridgehead atoms. The van der Waals surface area contributed by atoms with Gasteiger partial charge in [0.15, 0.2) is 5.69 Å². The van der Waals surface area contributed by atoms with Gasteiger partial charge in [-0.1, -0.05) is 5.21 Å². The number of benzene rings is 1. The second-order valence-electron chi connectivity index (χ2n) is 6.72. The molecule has 0 radical (unpaired) electrons. The Morgan fingerprint density at radius 2 is 2.14 bits per heavy atom. The molecule has 1 fully saturated rings. The van der Waals surface area contributed by atoms with E-state index in [0.717, 1.165) is 18.5 Å². The third-order valence-electron chi connectivity index (χ3n) is 4.97. The Hall–Kier alpha value is -3.23. The molecule has 1 aliphatic rings. The second-order valence-corrected chi connectivity index (χ2v) is 6.72. The van der Waals surface area contributed by atoms with E-state index in [1.807, 2.05) is 17.9 Å². The highest BCUT2D eigenvalue weighted by Crippen LogP contribution is 2.31. The van der Waals surface area contributed by atoms with E-state index < -0.39 is 0 Å². The summed E-state index contributed by atoms with van der Waals surface area (Å²) >= 11 is 0. The number of aromatic amines is 1. The van der Waals surface area contributed by atoms with Gasteiger partial charge in [0.05, 0.1) is 24.0 Å². The summed E-state index contributed by atoms with van der Waals surface area (Å²) in [5.41, 5.74) is 1.99. The first-order valence-corrected chi connectivity index (χ1v) is 9.22. The maximum absolute atomic E-state index is 13.0. The molecule has 146 valence electrons. The lowest BCUT2D eigenvalue weighted by atomic mass is 10.1. The fourth-order valence-electron chi connectivity index (χ4n) is 3.47. The number of nitrogens with one attached hydrogen (secondary N) is 1. The van der Waals surface area contributed by atoms with Crippen LogP contribution in [-0.4, -0.2) is 49.1 Å². The van der Waals surface area contributed by atoms with Crippen molar-refractivity contribution in [3.8, 4) is 5.75 Å². The molecule has 1 aromatic carbocycles. The smallest absolute Gasteiger partial charge is 0.276 e. The van der Waals surface area contributed by atoms with E-state index in [2.05, 4.69) is 20.5 Å². The van der Waals surface area contributed by atoms with Crippen molar-refractivity contribution in [1.82, 2.24) is 30.1 Å². The number of ether oxygens (including phenoxy) is 1. The summed E-state index contributed by atoms with van der Waals surface area (Å²) in [6.45, 7) is 3.28. The van der Waals surface area contributed by atoms with Crippen molar-refractivity contribution in [2.75, 3.05) is 13.2 Å². The minimum atomic E-state index is -0.307. The molecular weight excluding hydrogens is 363 g/mol. The predicted molar refractivity (Wildman–Crippen MR) is 98.3 cm³/mol. The van der Waals surface area contributed by atoms with Crippen LogP contribution in [0, 0.1) is 12.7 Å². The van der Waals surface area contributed by atoms with Crippen molar-refractivity contribution in [1.29, 1.82) is 0 Å². The highest BCUT2D eigenvalue weighted by molar-refractivity contribution is 5.93. The maximum Gasteiger partial charge on any atom is 0.276 e. The summed E-state index contributed by atoms with van der Waals surface area (Å²) in [6.07, 6.45) is 3.53. The number of hydrogen-bond donors (Lipinski definition) is 1. The van der Waals surface area contributed by atoms with E-state index in [4.69, 9.17) is 4.74 Å². The minimum absolute atomic E-state index is 0.0126. The van der Waals surface area contributed by atoms with Crippen molar-refractivity contribution in [2.24, 2.45) is 0 Å². The Morgan fingerprint density at radius 1 is 1.32 bits per heavy atom. The molecule has 3 heterocycles. The van der Waals surface area contributed by atoms with Gasteiger partial charge in [0.1, 0.15) is 18.2 Å². The molecule has 2 aromatic heterocycles. The SMILES string of the molecule is Cc1c(C(=O)N2CCCC2c2ccn[nH]2)nnn1CCOc1ccc(F)cc1. The van der Waals surface area contributed by atoms with E-state index >= 15 is 0 Å². The van der Waals surface area contributed by atoms with Crippen LogP contribution in [0.25, 0.3) is 0 Å². The molecule has 1 saturated heterocycles. The molecular formula is C19H21FN6O2. The molecule has 1 unspecified atom stereocenters. The number of hydrogen-bond acceptors (Lipinski definition) is 5. The summed E-state index contributed by atoms with van der Waals surface area (Å²) < 4.78 is 20.2. The normalized spacial score (nSPS) is 16.5. The number of carbonyl (C=O) groups is 1. The zero-order valence-electron chi connectivity index (χ0n) is 15.5. The molecule has 3 aromatic rings. The Kier molecular flexibility index (Phi) is 5.05. The maximum atomic E-state index is 13.0. The first-order valence-electron chi connectivity index (χ1n) is 9.22. The Morgan fingerprint density at radius 3 is 2.89 bits per heavy atom. The molecule has 1 amide bonds. The Labute approximate surface area is 161 Å². The van der Waals surface area contributed by atoms with Crippen LogP contribution in [0.2, 0.25) is 0 Å². The molecule has 1 aliphatic heterocycles. The third kappa shape index (κ3) is 3.60. The van der Waals surface area contributed by atoms with Crippen LogP contribution in [-0.2, 0) is 6.54 Å². The first-order chi connectivity index (χ1) is 13.6. The summed E-state index contributed by atoms with van der Waals surface area (Å²) in [6, 6.07) is 7.72. The standard InChI is InChI=1S/C19H21FN6O2/c1-13-18(19(27)25-10-2-3-17(25)16-8-9-21-22-16)23-24-26(13)11-12-28-15-6-4-14(20)5-7-15/h4-9,17H,2-3,10-12H2,1H3,(H,21,22). The monoisotopic (exact) mass is 384 g/mol. The lowest BCUT2D eigenvalue weighted by Gasteiger charge is -2.22.